The van der Waals surface area contributed by atoms with Gasteiger partial charge in [0, 0.05) is 13.1 Å². The third-order valence-corrected chi connectivity index (χ3v) is 3.36. The van der Waals surface area contributed by atoms with Gasteiger partial charge in [-0.3, -0.25) is 4.79 Å². The average molecular weight is 278 g/mol. The molecule has 0 bridgehead atoms. The lowest BCUT2D eigenvalue weighted by atomic mass is 10.2. The van der Waals surface area contributed by atoms with E-state index >= 15 is 0 Å². The van der Waals surface area contributed by atoms with Crippen LogP contribution in [0, 0.1) is 6.92 Å². The minimum absolute atomic E-state index is 0.0164. The molecule has 0 saturated carbocycles. The summed E-state index contributed by atoms with van der Waals surface area (Å²) in [5.74, 6) is 0.487. The number of rotatable bonds is 3. The Morgan fingerprint density at radius 2 is 2.16 bits per heavy atom. The third kappa shape index (κ3) is 4.21. The highest BCUT2D eigenvalue weighted by atomic mass is 32.1. The summed E-state index contributed by atoms with van der Waals surface area (Å²) < 4.78 is 5.42. The number of nitrogens with one attached hydrogen (secondary N) is 1. The summed E-state index contributed by atoms with van der Waals surface area (Å²) in [4.78, 5) is 13.7. The van der Waals surface area contributed by atoms with Gasteiger partial charge >= 0.3 is 0 Å². The minimum Gasteiger partial charge on any atom is -0.484 e. The number of likely N-dealkylation sites (tertiary alicyclic amines) is 1. The predicted molar refractivity (Wildman–Crippen MR) is 78.2 cm³/mol. The molecule has 1 aliphatic heterocycles. The van der Waals surface area contributed by atoms with Crippen LogP contribution in [0.3, 0.4) is 0 Å². The third-order valence-electron chi connectivity index (χ3n) is 3.00. The van der Waals surface area contributed by atoms with Gasteiger partial charge in [0.2, 0.25) is 0 Å². The Labute approximate surface area is 118 Å². The molecule has 1 fully saturated rings. The Hall–Kier alpha value is -1.62. The Bertz CT molecular complexity index is 470. The Morgan fingerprint density at radius 1 is 1.42 bits per heavy atom. The number of amides is 1. The van der Waals surface area contributed by atoms with Crippen LogP contribution >= 0.6 is 12.2 Å². The fourth-order valence-electron chi connectivity index (χ4n) is 2.01. The molecule has 0 spiro atoms. The first kappa shape index (κ1) is 13.8. The van der Waals surface area contributed by atoms with Gasteiger partial charge in [-0.25, -0.2) is 0 Å². The maximum atomic E-state index is 11.7. The molecule has 1 saturated heterocycles. The van der Waals surface area contributed by atoms with Gasteiger partial charge in [-0.15, -0.1) is 0 Å². The molecular formula is C14H18N2O2S. The molecule has 1 heterocycles. The SMILES string of the molecule is Cc1cccc(OCC(=O)NC(=S)N2CCCC2)c1. The quantitative estimate of drug-likeness (QED) is 0.857. The molecule has 0 aliphatic carbocycles. The summed E-state index contributed by atoms with van der Waals surface area (Å²) in [5.41, 5.74) is 1.10. The van der Waals surface area contributed by atoms with Crippen molar-refractivity contribution in [1.29, 1.82) is 0 Å². The molecule has 4 nitrogen and oxygen atoms in total. The highest BCUT2D eigenvalue weighted by Crippen LogP contribution is 2.12. The van der Waals surface area contributed by atoms with Gasteiger partial charge in [0.1, 0.15) is 5.75 Å². The minimum atomic E-state index is -0.210. The summed E-state index contributed by atoms with van der Waals surface area (Å²) in [6, 6.07) is 7.61. The number of thiocarbonyl (C=S) groups is 1. The van der Waals surface area contributed by atoms with E-state index < -0.39 is 0 Å². The largest absolute Gasteiger partial charge is 0.484 e. The van der Waals surface area contributed by atoms with E-state index in [4.69, 9.17) is 17.0 Å². The van der Waals surface area contributed by atoms with E-state index in [9.17, 15) is 4.79 Å². The zero-order valence-electron chi connectivity index (χ0n) is 11.0. The van der Waals surface area contributed by atoms with Crippen LogP contribution in [0.15, 0.2) is 24.3 Å². The summed E-state index contributed by atoms with van der Waals surface area (Å²) in [7, 11) is 0. The van der Waals surface area contributed by atoms with Gasteiger partial charge in [-0.2, -0.15) is 0 Å². The second kappa shape index (κ2) is 6.52. The van der Waals surface area contributed by atoms with Gasteiger partial charge in [0.15, 0.2) is 11.7 Å². The molecule has 0 atom stereocenters. The molecule has 5 heteroatoms. The second-order valence-corrected chi connectivity index (χ2v) is 5.04. The van der Waals surface area contributed by atoms with Crippen LogP contribution in [0.4, 0.5) is 0 Å². The number of hydrogen-bond donors (Lipinski definition) is 1. The molecule has 0 radical (unpaired) electrons. The maximum Gasteiger partial charge on any atom is 0.264 e. The van der Waals surface area contributed by atoms with Crippen molar-refractivity contribution in [2.24, 2.45) is 0 Å². The first-order chi connectivity index (χ1) is 9.15. The van der Waals surface area contributed by atoms with Gasteiger partial charge in [-0.05, 0) is 49.7 Å². The number of carbonyl (C=O) groups is 1. The van der Waals surface area contributed by atoms with Gasteiger partial charge in [0.05, 0.1) is 0 Å². The van der Waals surface area contributed by atoms with Gasteiger partial charge in [-0.1, -0.05) is 12.1 Å². The molecule has 1 aliphatic rings. The highest BCUT2D eigenvalue weighted by molar-refractivity contribution is 7.80. The van der Waals surface area contributed by atoms with Crippen molar-refractivity contribution < 1.29 is 9.53 Å². The average Bonchev–Trinajstić information content (AvgIpc) is 2.90. The zero-order valence-corrected chi connectivity index (χ0v) is 11.8. The van der Waals surface area contributed by atoms with Crippen LogP contribution < -0.4 is 10.1 Å². The van der Waals surface area contributed by atoms with E-state index in [1.807, 2.05) is 36.1 Å². The maximum absolute atomic E-state index is 11.7. The van der Waals surface area contributed by atoms with E-state index in [0.29, 0.717) is 10.9 Å². The number of hydrogen-bond acceptors (Lipinski definition) is 3. The number of nitrogens with zero attached hydrogens (tertiary/aromatic N) is 1. The van der Waals surface area contributed by atoms with Crippen LogP contribution in [0.5, 0.6) is 5.75 Å². The molecule has 1 aromatic carbocycles. The van der Waals surface area contributed by atoms with Gasteiger partial charge < -0.3 is 15.0 Å². The standard InChI is InChI=1S/C14H18N2O2S/c1-11-5-4-6-12(9-11)18-10-13(17)15-14(19)16-7-2-3-8-16/h4-6,9H,2-3,7-8,10H2,1H3,(H,15,17,19). The van der Waals surface area contributed by atoms with E-state index in [1.165, 1.54) is 0 Å². The molecule has 1 N–H and O–H groups in total. The molecule has 0 unspecified atom stereocenters. The topological polar surface area (TPSA) is 41.6 Å². The Kier molecular flexibility index (Phi) is 4.74. The van der Waals surface area contributed by atoms with Crippen molar-refractivity contribution in [2.45, 2.75) is 19.8 Å². The molecule has 1 amide bonds. The highest BCUT2D eigenvalue weighted by Gasteiger charge is 2.16. The number of ether oxygens (including phenoxy) is 1. The van der Waals surface area contributed by atoms with Gasteiger partial charge in [0.25, 0.3) is 5.91 Å². The first-order valence-corrected chi connectivity index (χ1v) is 6.84. The molecule has 2 rings (SSSR count). The number of benzene rings is 1. The van der Waals surface area contributed by atoms with Crippen LogP contribution in [0.25, 0.3) is 0 Å². The number of carbonyl (C=O) groups excluding carboxylic acids is 1. The molecule has 1 aromatic rings. The van der Waals surface area contributed by atoms with Crippen LogP contribution in [0.2, 0.25) is 0 Å². The fraction of sp³-hybridized carbons (Fsp3) is 0.429. The number of aryl methyl sites for hydroxylation is 1. The molecule has 102 valence electrons. The van der Waals surface area contributed by atoms with E-state index in [0.717, 1.165) is 31.5 Å². The van der Waals surface area contributed by atoms with E-state index in [2.05, 4.69) is 5.32 Å². The van der Waals surface area contributed by atoms with Crippen LogP contribution in [0.1, 0.15) is 18.4 Å². The molecular weight excluding hydrogens is 260 g/mol. The summed E-state index contributed by atoms with van der Waals surface area (Å²) in [5, 5.41) is 3.21. The van der Waals surface area contributed by atoms with Crippen molar-refractivity contribution in [3.63, 3.8) is 0 Å². The fourth-order valence-corrected chi connectivity index (χ4v) is 2.31. The lowest BCUT2D eigenvalue weighted by Crippen LogP contribution is -2.42. The van der Waals surface area contributed by atoms with Crippen molar-refractivity contribution in [2.75, 3.05) is 19.7 Å². The van der Waals surface area contributed by atoms with Crippen molar-refractivity contribution in [1.82, 2.24) is 10.2 Å². The van der Waals surface area contributed by atoms with E-state index in [-0.39, 0.29) is 12.5 Å². The summed E-state index contributed by atoms with van der Waals surface area (Å²) in [6.07, 6.45) is 2.27. The first-order valence-electron chi connectivity index (χ1n) is 6.43. The lowest BCUT2D eigenvalue weighted by molar-refractivity contribution is -0.121. The Morgan fingerprint density at radius 3 is 2.84 bits per heavy atom. The van der Waals surface area contributed by atoms with Crippen molar-refractivity contribution >= 4 is 23.2 Å². The molecule has 19 heavy (non-hydrogen) atoms. The monoisotopic (exact) mass is 278 g/mol. The van der Waals surface area contributed by atoms with Crippen LogP contribution in [-0.4, -0.2) is 35.6 Å². The van der Waals surface area contributed by atoms with E-state index in [1.54, 1.807) is 0 Å². The predicted octanol–water partition coefficient (Wildman–Crippen LogP) is 1.87. The summed E-state index contributed by atoms with van der Waals surface area (Å²) in [6.45, 7) is 3.82. The van der Waals surface area contributed by atoms with Crippen molar-refractivity contribution in [3.8, 4) is 5.75 Å². The summed E-state index contributed by atoms with van der Waals surface area (Å²) >= 11 is 5.18. The lowest BCUT2D eigenvalue weighted by Gasteiger charge is -2.18. The smallest absolute Gasteiger partial charge is 0.264 e. The normalized spacial score (nSPS) is 14.3. The van der Waals surface area contributed by atoms with Crippen LogP contribution in [-0.2, 0) is 4.79 Å². The second-order valence-electron chi connectivity index (χ2n) is 4.65. The zero-order chi connectivity index (χ0) is 13.7. The Balaban J connectivity index is 1.76. The van der Waals surface area contributed by atoms with Crippen molar-refractivity contribution in [3.05, 3.63) is 29.8 Å². The molecule has 0 aromatic heterocycles.